The molecule has 1 heterocycles. The zero-order valence-electron chi connectivity index (χ0n) is 11.4. The molecular weight excluding hydrogens is 226 g/mol. The third kappa shape index (κ3) is 2.66. The Kier molecular flexibility index (Phi) is 3.90. The predicted octanol–water partition coefficient (Wildman–Crippen LogP) is 2.59. The maximum absolute atomic E-state index is 11.9. The summed E-state index contributed by atoms with van der Waals surface area (Å²) in [5.74, 6) is 1.54. The molecule has 0 atom stereocenters. The average molecular weight is 247 g/mol. The molecule has 1 aromatic rings. The van der Waals surface area contributed by atoms with Gasteiger partial charge in [-0.15, -0.1) is 0 Å². The summed E-state index contributed by atoms with van der Waals surface area (Å²) in [7, 11) is 1.68. The summed E-state index contributed by atoms with van der Waals surface area (Å²) in [5.41, 5.74) is 2.23. The number of hydrogen-bond donors (Lipinski definition) is 0. The van der Waals surface area contributed by atoms with Crippen molar-refractivity contribution in [1.29, 1.82) is 0 Å². The second-order valence-electron chi connectivity index (χ2n) is 5.14. The van der Waals surface area contributed by atoms with Crippen molar-refractivity contribution in [2.75, 3.05) is 20.2 Å². The van der Waals surface area contributed by atoms with E-state index in [0.717, 1.165) is 30.8 Å². The Hall–Kier alpha value is -1.51. The van der Waals surface area contributed by atoms with E-state index in [4.69, 9.17) is 4.74 Å². The first-order valence-electron chi connectivity index (χ1n) is 6.56. The van der Waals surface area contributed by atoms with Crippen LogP contribution in [0.1, 0.15) is 37.3 Å². The molecule has 0 unspecified atom stereocenters. The Morgan fingerprint density at radius 1 is 1.39 bits per heavy atom. The van der Waals surface area contributed by atoms with Crippen molar-refractivity contribution in [3.05, 3.63) is 29.3 Å². The van der Waals surface area contributed by atoms with Crippen molar-refractivity contribution in [3.63, 3.8) is 0 Å². The van der Waals surface area contributed by atoms with Crippen molar-refractivity contribution in [3.8, 4) is 5.75 Å². The maximum atomic E-state index is 11.9. The number of ether oxygens (including phenoxy) is 1. The Morgan fingerprint density at radius 3 is 2.61 bits per heavy atom. The molecule has 1 saturated heterocycles. The molecule has 1 amide bonds. The van der Waals surface area contributed by atoms with Crippen LogP contribution >= 0.6 is 0 Å². The van der Waals surface area contributed by atoms with E-state index in [0.29, 0.717) is 12.3 Å². The molecule has 0 aliphatic carbocycles. The zero-order chi connectivity index (χ0) is 13.1. The van der Waals surface area contributed by atoms with Gasteiger partial charge in [0.25, 0.3) is 0 Å². The monoisotopic (exact) mass is 247 g/mol. The fourth-order valence-electron chi connectivity index (χ4n) is 2.19. The van der Waals surface area contributed by atoms with Crippen molar-refractivity contribution in [2.24, 2.45) is 0 Å². The molecule has 98 valence electrons. The predicted molar refractivity (Wildman–Crippen MR) is 72.0 cm³/mol. The molecule has 1 aliphatic rings. The molecule has 0 radical (unpaired) electrons. The van der Waals surface area contributed by atoms with Gasteiger partial charge in [0.15, 0.2) is 0 Å². The van der Waals surface area contributed by atoms with Gasteiger partial charge in [0.1, 0.15) is 5.75 Å². The van der Waals surface area contributed by atoms with Gasteiger partial charge in [0, 0.05) is 13.1 Å². The maximum Gasteiger partial charge on any atom is 0.226 e. The van der Waals surface area contributed by atoms with Crippen LogP contribution < -0.4 is 4.74 Å². The second kappa shape index (κ2) is 5.42. The minimum Gasteiger partial charge on any atom is -0.496 e. The fourth-order valence-corrected chi connectivity index (χ4v) is 2.19. The Bertz CT molecular complexity index is 436. The molecule has 1 fully saturated rings. The summed E-state index contributed by atoms with van der Waals surface area (Å²) in [6.07, 6.45) is 1.62. The van der Waals surface area contributed by atoms with Gasteiger partial charge >= 0.3 is 0 Å². The highest BCUT2D eigenvalue weighted by molar-refractivity contribution is 5.79. The zero-order valence-corrected chi connectivity index (χ0v) is 11.4. The summed E-state index contributed by atoms with van der Waals surface area (Å²) < 4.78 is 5.40. The molecule has 0 bridgehead atoms. The minimum atomic E-state index is 0.223. The van der Waals surface area contributed by atoms with Crippen molar-refractivity contribution >= 4 is 5.91 Å². The lowest BCUT2D eigenvalue weighted by atomic mass is 9.99. The smallest absolute Gasteiger partial charge is 0.226 e. The van der Waals surface area contributed by atoms with Gasteiger partial charge in [-0.05, 0) is 29.5 Å². The summed E-state index contributed by atoms with van der Waals surface area (Å²) in [6, 6.07) is 6.10. The fraction of sp³-hybridized carbons (Fsp3) is 0.533. The van der Waals surface area contributed by atoms with Crippen LogP contribution in [-0.2, 0) is 11.2 Å². The quantitative estimate of drug-likeness (QED) is 0.818. The number of likely N-dealkylation sites (tertiary alicyclic amines) is 1. The summed E-state index contributed by atoms with van der Waals surface area (Å²) >= 11 is 0. The van der Waals surface area contributed by atoms with Gasteiger partial charge in [-0.3, -0.25) is 4.79 Å². The van der Waals surface area contributed by atoms with Crippen LogP contribution in [0.5, 0.6) is 5.75 Å². The molecular formula is C15H21NO2. The van der Waals surface area contributed by atoms with E-state index in [1.807, 2.05) is 17.0 Å². The van der Waals surface area contributed by atoms with Crippen LogP contribution in [0.15, 0.2) is 18.2 Å². The summed E-state index contributed by atoms with van der Waals surface area (Å²) in [4.78, 5) is 13.8. The molecule has 0 N–H and O–H groups in total. The largest absolute Gasteiger partial charge is 0.496 e. The molecule has 1 aliphatic heterocycles. The standard InChI is InChI=1S/C15H21NO2/c1-11(2)13-6-5-12(9-14(13)18-3)10-15(17)16-7-4-8-16/h5-6,9,11H,4,7-8,10H2,1-3H3. The Morgan fingerprint density at radius 2 is 2.11 bits per heavy atom. The van der Waals surface area contributed by atoms with Crippen LogP contribution in [0.2, 0.25) is 0 Å². The van der Waals surface area contributed by atoms with Crippen LogP contribution in [0.25, 0.3) is 0 Å². The van der Waals surface area contributed by atoms with E-state index in [1.165, 1.54) is 5.56 Å². The number of carbonyl (C=O) groups excluding carboxylic acids is 1. The first-order valence-corrected chi connectivity index (χ1v) is 6.56. The summed E-state index contributed by atoms with van der Waals surface area (Å²) in [5, 5.41) is 0. The number of methoxy groups -OCH3 is 1. The lowest BCUT2D eigenvalue weighted by Gasteiger charge is -2.31. The van der Waals surface area contributed by atoms with E-state index in [-0.39, 0.29) is 5.91 Å². The van der Waals surface area contributed by atoms with E-state index in [2.05, 4.69) is 19.9 Å². The Labute approximate surface area is 109 Å². The number of rotatable bonds is 4. The molecule has 3 nitrogen and oxygen atoms in total. The van der Waals surface area contributed by atoms with E-state index in [9.17, 15) is 4.79 Å². The summed E-state index contributed by atoms with van der Waals surface area (Å²) in [6.45, 7) is 6.12. The first kappa shape index (κ1) is 12.9. The molecule has 18 heavy (non-hydrogen) atoms. The lowest BCUT2D eigenvalue weighted by molar-refractivity contribution is -0.133. The Balaban J connectivity index is 2.11. The van der Waals surface area contributed by atoms with Crippen molar-refractivity contribution < 1.29 is 9.53 Å². The van der Waals surface area contributed by atoms with Gasteiger partial charge in [-0.2, -0.15) is 0 Å². The number of benzene rings is 1. The number of hydrogen-bond acceptors (Lipinski definition) is 2. The van der Waals surface area contributed by atoms with Crippen molar-refractivity contribution in [1.82, 2.24) is 4.90 Å². The van der Waals surface area contributed by atoms with E-state index in [1.54, 1.807) is 7.11 Å². The molecule has 2 rings (SSSR count). The van der Waals surface area contributed by atoms with Crippen LogP contribution in [-0.4, -0.2) is 31.0 Å². The van der Waals surface area contributed by atoms with Gasteiger partial charge in [-0.25, -0.2) is 0 Å². The SMILES string of the molecule is COc1cc(CC(=O)N2CCC2)ccc1C(C)C. The van der Waals surface area contributed by atoms with Gasteiger partial charge in [0.2, 0.25) is 5.91 Å². The van der Waals surface area contributed by atoms with Gasteiger partial charge in [0.05, 0.1) is 13.5 Å². The molecule has 3 heteroatoms. The second-order valence-corrected chi connectivity index (χ2v) is 5.14. The van der Waals surface area contributed by atoms with Crippen LogP contribution in [0.3, 0.4) is 0 Å². The highest BCUT2D eigenvalue weighted by Gasteiger charge is 2.20. The highest BCUT2D eigenvalue weighted by Crippen LogP contribution is 2.27. The average Bonchev–Trinajstić information content (AvgIpc) is 2.25. The van der Waals surface area contributed by atoms with E-state index < -0.39 is 0 Å². The normalized spacial score (nSPS) is 14.6. The third-order valence-corrected chi connectivity index (χ3v) is 3.48. The minimum absolute atomic E-state index is 0.223. The highest BCUT2D eigenvalue weighted by atomic mass is 16.5. The molecule has 0 aromatic heterocycles. The molecule has 1 aromatic carbocycles. The van der Waals surface area contributed by atoms with E-state index >= 15 is 0 Å². The first-order chi connectivity index (χ1) is 8.61. The number of nitrogens with zero attached hydrogens (tertiary/aromatic N) is 1. The topological polar surface area (TPSA) is 29.5 Å². The lowest BCUT2D eigenvalue weighted by Crippen LogP contribution is -2.42. The molecule has 0 saturated carbocycles. The number of amides is 1. The van der Waals surface area contributed by atoms with Crippen LogP contribution in [0.4, 0.5) is 0 Å². The van der Waals surface area contributed by atoms with Crippen LogP contribution in [0, 0.1) is 0 Å². The van der Waals surface area contributed by atoms with Gasteiger partial charge < -0.3 is 9.64 Å². The molecule has 0 spiro atoms. The number of carbonyl (C=O) groups is 1. The van der Waals surface area contributed by atoms with Gasteiger partial charge in [-0.1, -0.05) is 26.0 Å². The third-order valence-electron chi connectivity index (χ3n) is 3.48. The van der Waals surface area contributed by atoms with Crippen molar-refractivity contribution in [2.45, 2.75) is 32.6 Å².